The summed E-state index contributed by atoms with van der Waals surface area (Å²) in [5.74, 6) is -0.108. The Hall–Kier alpha value is -1.48. The predicted molar refractivity (Wildman–Crippen MR) is 89.0 cm³/mol. The number of hydrogen-bond donors (Lipinski definition) is 0. The number of likely N-dealkylation sites (tertiary alicyclic amines) is 1. The SMILES string of the molecule is CCOC1CCCN(C(=O)c2ccc(S(=O)(=O)N(C)OC)cc2)C1. The van der Waals surface area contributed by atoms with Crippen molar-refractivity contribution in [2.24, 2.45) is 0 Å². The van der Waals surface area contributed by atoms with Gasteiger partial charge in [0.1, 0.15) is 0 Å². The van der Waals surface area contributed by atoms with E-state index in [4.69, 9.17) is 9.57 Å². The van der Waals surface area contributed by atoms with Crippen LogP contribution >= 0.6 is 0 Å². The third-order valence-electron chi connectivity index (χ3n) is 4.06. The summed E-state index contributed by atoms with van der Waals surface area (Å²) in [6, 6.07) is 5.90. The molecule has 1 amide bonds. The van der Waals surface area contributed by atoms with Gasteiger partial charge in [-0.2, -0.15) is 0 Å². The van der Waals surface area contributed by atoms with Crippen molar-refractivity contribution in [2.75, 3.05) is 33.9 Å². The fourth-order valence-corrected chi connectivity index (χ4v) is 3.67. The topological polar surface area (TPSA) is 76.2 Å². The molecular formula is C16H24N2O5S. The Labute approximate surface area is 143 Å². The number of amides is 1. The molecule has 1 aliphatic rings. The van der Waals surface area contributed by atoms with Gasteiger partial charge in [-0.15, -0.1) is 0 Å². The van der Waals surface area contributed by atoms with Crippen LogP contribution in [0, 0.1) is 0 Å². The molecule has 1 saturated heterocycles. The maximum Gasteiger partial charge on any atom is 0.264 e. The Bertz CT molecular complexity index is 658. The third-order valence-corrected chi connectivity index (χ3v) is 5.76. The zero-order chi connectivity index (χ0) is 17.7. The summed E-state index contributed by atoms with van der Waals surface area (Å²) in [5.41, 5.74) is 0.464. The molecule has 2 rings (SSSR count). The number of benzene rings is 1. The molecule has 24 heavy (non-hydrogen) atoms. The van der Waals surface area contributed by atoms with E-state index in [0.29, 0.717) is 25.3 Å². The first-order valence-corrected chi connectivity index (χ1v) is 9.38. The van der Waals surface area contributed by atoms with Gasteiger partial charge in [-0.25, -0.2) is 8.42 Å². The molecule has 1 heterocycles. The highest BCUT2D eigenvalue weighted by molar-refractivity contribution is 7.89. The molecule has 0 N–H and O–H groups in total. The number of hydroxylamine groups is 1. The molecule has 0 radical (unpaired) electrons. The minimum absolute atomic E-state index is 0.0719. The fraction of sp³-hybridized carbons (Fsp3) is 0.562. The second kappa shape index (κ2) is 8.06. The highest BCUT2D eigenvalue weighted by Gasteiger charge is 2.26. The highest BCUT2D eigenvalue weighted by atomic mass is 32.2. The monoisotopic (exact) mass is 356 g/mol. The Kier molecular flexibility index (Phi) is 6.34. The van der Waals surface area contributed by atoms with E-state index in [-0.39, 0.29) is 16.9 Å². The molecule has 0 spiro atoms. The molecule has 1 fully saturated rings. The summed E-state index contributed by atoms with van der Waals surface area (Å²) in [7, 11) is -1.11. The van der Waals surface area contributed by atoms with E-state index in [0.717, 1.165) is 17.3 Å². The molecular weight excluding hydrogens is 332 g/mol. The van der Waals surface area contributed by atoms with Gasteiger partial charge in [0.15, 0.2) is 0 Å². The molecule has 1 aliphatic heterocycles. The number of rotatable bonds is 6. The Balaban J connectivity index is 2.11. The van der Waals surface area contributed by atoms with Crippen LogP contribution < -0.4 is 0 Å². The average Bonchev–Trinajstić information content (AvgIpc) is 2.61. The van der Waals surface area contributed by atoms with Gasteiger partial charge in [0.05, 0.1) is 18.1 Å². The van der Waals surface area contributed by atoms with Gasteiger partial charge in [0.2, 0.25) is 0 Å². The van der Waals surface area contributed by atoms with Gasteiger partial charge in [-0.05, 0) is 44.0 Å². The minimum atomic E-state index is -3.71. The summed E-state index contributed by atoms with van der Waals surface area (Å²) in [4.78, 5) is 19.2. The maximum atomic E-state index is 12.6. The number of carbonyl (C=O) groups is 1. The van der Waals surface area contributed by atoms with Crippen LogP contribution in [0.15, 0.2) is 29.2 Å². The molecule has 7 nitrogen and oxygen atoms in total. The number of nitrogens with zero attached hydrogens (tertiary/aromatic N) is 2. The van der Waals surface area contributed by atoms with Crippen molar-refractivity contribution >= 4 is 15.9 Å². The summed E-state index contributed by atoms with van der Waals surface area (Å²) < 4.78 is 30.7. The molecule has 0 aromatic heterocycles. The maximum absolute atomic E-state index is 12.6. The summed E-state index contributed by atoms with van der Waals surface area (Å²) >= 11 is 0. The molecule has 1 aromatic rings. The standard InChI is InChI=1S/C16H24N2O5S/c1-4-23-14-6-5-11-18(12-14)16(19)13-7-9-15(10-8-13)24(20,21)17(2)22-3/h7-10,14H,4-6,11-12H2,1-3H3. The van der Waals surface area contributed by atoms with Crippen LogP contribution in [0.4, 0.5) is 0 Å². The molecule has 8 heteroatoms. The molecule has 0 bridgehead atoms. The van der Waals surface area contributed by atoms with E-state index in [1.165, 1.54) is 38.4 Å². The Morgan fingerprint density at radius 1 is 1.33 bits per heavy atom. The van der Waals surface area contributed by atoms with Crippen LogP contribution in [0.25, 0.3) is 0 Å². The number of sulfonamides is 1. The Morgan fingerprint density at radius 2 is 2.00 bits per heavy atom. The van der Waals surface area contributed by atoms with Crippen LogP contribution in [0.3, 0.4) is 0 Å². The molecule has 0 aliphatic carbocycles. The van der Waals surface area contributed by atoms with E-state index in [1.807, 2.05) is 6.92 Å². The van der Waals surface area contributed by atoms with Gasteiger partial charge in [0.25, 0.3) is 15.9 Å². The largest absolute Gasteiger partial charge is 0.377 e. The van der Waals surface area contributed by atoms with E-state index < -0.39 is 10.0 Å². The smallest absolute Gasteiger partial charge is 0.264 e. The van der Waals surface area contributed by atoms with Gasteiger partial charge in [-0.3, -0.25) is 9.63 Å². The first-order chi connectivity index (χ1) is 11.4. The number of hydrogen-bond acceptors (Lipinski definition) is 5. The first kappa shape index (κ1) is 18.9. The fourth-order valence-electron chi connectivity index (χ4n) is 2.69. The summed E-state index contributed by atoms with van der Waals surface area (Å²) in [6.07, 6.45) is 1.93. The molecule has 1 aromatic carbocycles. The first-order valence-electron chi connectivity index (χ1n) is 7.94. The van der Waals surface area contributed by atoms with Crippen LogP contribution in [0.1, 0.15) is 30.1 Å². The molecule has 0 saturated carbocycles. The van der Waals surface area contributed by atoms with E-state index in [2.05, 4.69) is 0 Å². The van der Waals surface area contributed by atoms with Crippen molar-refractivity contribution < 1.29 is 22.8 Å². The zero-order valence-electron chi connectivity index (χ0n) is 14.3. The van der Waals surface area contributed by atoms with Gasteiger partial charge in [-0.1, -0.05) is 4.47 Å². The number of ether oxygens (including phenoxy) is 1. The highest BCUT2D eigenvalue weighted by Crippen LogP contribution is 2.19. The van der Waals surface area contributed by atoms with Crippen LogP contribution in [-0.4, -0.2) is 63.7 Å². The van der Waals surface area contributed by atoms with Gasteiger partial charge >= 0.3 is 0 Å². The summed E-state index contributed by atoms with van der Waals surface area (Å²) in [5, 5.41) is 0. The van der Waals surface area contributed by atoms with Crippen molar-refractivity contribution in [1.29, 1.82) is 0 Å². The zero-order valence-corrected chi connectivity index (χ0v) is 15.1. The lowest BCUT2D eigenvalue weighted by Crippen LogP contribution is -2.43. The average molecular weight is 356 g/mol. The number of carbonyl (C=O) groups excluding carboxylic acids is 1. The van der Waals surface area contributed by atoms with Gasteiger partial charge in [0, 0.05) is 32.3 Å². The minimum Gasteiger partial charge on any atom is -0.377 e. The summed E-state index contributed by atoms with van der Waals surface area (Å²) in [6.45, 7) is 3.83. The van der Waals surface area contributed by atoms with Gasteiger partial charge < -0.3 is 9.64 Å². The second-order valence-corrected chi connectivity index (χ2v) is 7.53. The van der Waals surface area contributed by atoms with E-state index in [1.54, 1.807) is 4.90 Å². The lowest BCUT2D eigenvalue weighted by atomic mass is 10.1. The lowest BCUT2D eigenvalue weighted by molar-refractivity contribution is -0.0258. The quantitative estimate of drug-likeness (QED) is 0.722. The van der Waals surface area contributed by atoms with Crippen molar-refractivity contribution in [3.63, 3.8) is 0 Å². The Morgan fingerprint density at radius 3 is 2.58 bits per heavy atom. The van der Waals surface area contributed by atoms with Crippen molar-refractivity contribution in [2.45, 2.75) is 30.8 Å². The van der Waals surface area contributed by atoms with Crippen molar-refractivity contribution in [3.05, 3.63) is 29.8 Å². The van der Waals surface area contributed by atoms with Crippen molar-refractivity contribution in [1.82, 2.24) is 9.37 Å². The lowest BCUT2D eigenvalue weighted by Gasteiger charge is -2.32. The van der Waals surface area contributed by atoms with Crippen LogP contribution in [0.2, 0.25) is 0 Å². The van der Waals surface area contributed by atoms with Crippen LogP contribution in [0.5, 0.6) is 0 Å². The van der Waals surface area contributed by atoms with Crippen LogP contribution in [-0.2, 0) is 19.6 Å². The van der Waals surface area contributed by atoms with E-state index >= 15 is 0 Å². The number of piperidine rings is 1. The predicted octanol–water partition coefficient (Wildman–Crippen LogP) is 1.51. The normalized spacial score (nSPS) is 18.8. The molecule has 1 atom stereocenters. The van der Waals surface area contributed by atoms with E-state index in [9.17, 15) is 13.2 Å². The third kappa shape index (κ3) is 4.13. The molecule has 134 valence electrons. The second-order valence-electron chi connectivity index (χ2n) is 5.59. The van der Waals surface area contributed by atoms with Crippen molar-refractivity contribution in [3.8, 4) is 0 Å². The molecule has 1 unspecified atom stereocenters.